The summed E-state index contributed by atoms with van der Waals surface area (Å²) in [6.45, 7) is 11.2. The van der Waals surface area contributed by atoms with Crippen LogP contribution in [0.2, 0.25) is 5.02 Å². The van der Waals surface area contributed by atoms with Crippen molar-refractivity contribution in [2.24, 2.45) is 5.92 Å². The number of methoxy groups -OCH3 is 1. The summed E-state index contributed by atoms with van der Waals surface area (Å²) >= 11 is 6.33. The SMILES string of the molecule is COc1cc(C)c(C(C)NC(=O)c2cc(S(=O)(=O)N3CCC(C)CC3)ccc2Cl)cc1C(C)C. The van der Waals surface area contributed by atoms with Gasteiger partial charge in [-0.3, -0.25) is 4.79 Å². The predicted molar refractivity (Wildman–Crippen MR) is 136 cm³/mol. The van der Waals surface area contributed by atoms with Crippen LogP contribution < -0.4 is 10.1 Å². The lowest BCUT2D eigenvalue weighted by Crippen LogP contribution is -2.38. The highest BCUT2D eigenvalue weighted by atomic mass is 35.5. The number of carbonyl (C=O) groups is 1. The predicted octanol–water partition coefficient (Wildman–Crippen LogP) is 5.69. The van der Waals surface area contributed by atoms with Crippen molar-refractivity contribution in [3.8, 4) is 5.75 Å². The number of nitrogens with one attached hydrogen (secondary N) is 1. The number of nitrogens with zero attached hydrogens (tertiary/aromatic N) is 1. The zero-order valence-corrected chi connectivity index (χ0v) is 22.4. The molecule has 0 spiro atoms. The van der Waals surface area contributed by atoms with Gasteiger partial charge in [0.15, 0.2) is 0 Å². The van der Waals surface area contributed by atoms with E-state index in [2.05, 4.69) is 32.2 Å². The summed E-state index contributed by atoms with van der Waals surface area (Å²) in [4.78, 5) is 13.3. The minimum atomic E-state index is -3.69. The number of carbonyl (C=O) groups excluding carboxylic acids is 1. The maximum absolute atomic E-state index is 13.2. The Balaban J connectivity index is 1.86. The molecule has 2 aromatic carbocycles. The quantitative estimate of drug-likeness (QED) is 0.523. The van der Waals surface area contributed by atoms with E-state index in [0.29, 0.717) is 19.0 Å². The molecule has 0 aromatic heterocycles. The third-order valence-electron chi connectivity index (χ3n) is 6.62. The van der Waals surface area contributed by atoms with Crippen molar-refractivity contribution in [1.82, 2.24) is 9.62 Å². The van der Waals surface area contributed by atoms with E-state index in [9.17, 15) is 13.2 Å². The number of rotatable bonds is 7. The largest absolute Gasteiger partial charge is 0.496 e. The normalized spacial score (nSPS) is 16.5. The molecule has 1 unspecified atom stereocenters. The van der Waals surface area contributed by atoms with Crippen molar-refractivity contribution >= 4 is 27.5 Å². The first-order valence-electron chi connectivity index (χ1n) is 11.7. The van der Waals surface area contributed by atoms with Crippen LogP contribution in [0.4, 0.5) is 0 Å². The van der Waals surface area contributed by atoms with Gasteiger partial charge >= 0.3 is 0 Å². The molecule has 3 rings (SSSR count). The number of hydrogen-bond acceptors (Lipinski definition) is 4. The Kier molecular flexibility index (Phi) is 8.32. The summed E-state index contributed by atoms with van der Waals surface area (Å²) in [6, 6.07) is 8.07. The van der Waals surface area contributed by atoms with Gasteiger partial charge in [0.25, 0.3) is 5.91 Å². The molecule has 1 aliphatic heterocycles. The van der Waals surface area contributed by atoms with E-state index in [4.69, 9.17) is 16.3 Å². The number of halogens is 1. The second-order valence-electron chi connectivity index (χ2n) is 9.53. The number of benzene rings is 2. The van der Waals surface area contributed by atoms with Crippen molar-refractivity contribution < 1.29 is 17.9 Å². The first kappa shape index (κ1) is 26.5. The number of ether oxygens (including phenoxy) is 1. The lowest BCUT2D eigenvalue weighted by Gasteiger charge is -2.29. The maximum atomic E-state index is 13.2. The van der Waals surface area contributed by atoms with E-state index in [1.54, 1.807) is 7.11 Å². The Labute approximate surface area is 208 Å². The summed E-state index contributed by atoms with van der Waals surface area (Å²) in [5.41, 5.74) is 3.18. The van der Waals surface area contributed by atoms with E-state index in [1.165, 1.54) is 22.5 Å². The maximum Gasteiger partial charge on any atom is 0.253 e. The second kappa shape index (κ2) is 10.7. The van der Waals surface area contributed by atoms with Gasteiger partial charge in [-0.2, -0.15) is 4.31 Å². The summed E-state index contributed by atoms with van der Waals surface area (Å²) in [5.74, 6) is 1.18. The zero-order valence-electron chi connectivity index (χ0n) is 20.8. The van der Waals surface area contributed by atoms with Gasteiger partial charge in [0.2, 0.25) is 10.0 Å². The minimum Gasteiger partial charge on any atom is -0.496 e. The fraction of sp³-hybridized carbons (Fsp3) is 0.500. The van der Waals surface area contributed by atoms with Crippen molar-refractivity contribution in [2.45, 2.75) is 64.3 Å². The molecule has 6 nitrogen and oxygen atoms in total. The zero-order chi connectivity index (χ0) is 25.2. The fourth-order valence-electron chi connectivity index (χ4n) is 4.38. The lowest BCUT2D eigenvalue weighted by atomic mass is 9.93. The lowest BCUT2D eigenvalue weighted by molar-refractivity contribution is 0.0939. The average Bonchev–Trinajstić information content (AvgIpc) is 2.78. The number of hydrogen-bond donors (Lipinski definition) is 1. The molecule has 1 atom stereocenters. The number of amides is 1. The molecular weight excluding hydrogens is 472 g/mol. The standard InChI is InChI=1S/C26H35ClN2O4S/c1-16(2)21-15-22(18(4)13-25(21)33-6)19(5)28-26(30)23-14-20(7-8-24(23)27)34(31,32)29-11-9-17(3)10-12-29/h7-8,13-17,19H,9-12H2,1-6H3,(H,28,30). The molecular formula is C26H35ClN2O4S. The van der Waals surface area contributed by atoms with Crippen LogP contribution in [0.15, 0.2) is 35.2 Å². The van der Waals surface area contributed by atoms with Crippen LogP contribution in [0.1, 0.15) is 79.5 Å². The monoisotopic (exact) mass is 506 g/mol. The van der Waals surface area contributed by atoms with Gasteiger partial charge in [-0.1, -0.05) is 32.4 Å². The first-order chi connectivity index (χ1) is 15.9. The Morgan fingerprint density at radius 2 is 1.76 bits per heavy atom. The van der Waals surface area contributed by atoms with Gasteiger partial charge in [-0.15, -0.1) is 0 Å². The molecule has 0 radical (unpaired) electrons. The molecule has 0 bridgehead atoms. The molecule has 1 amide bonds. The minimum absolute atomic E-state index is 0.0898. The van der Waals surface area contributed by atoms with Crippen molar-refractivity contribution in [3.63, 3.8) is 0 Å². The van der Waals surface area contributed by atoms with E-state index in [0.717, 1.165) is 35.3 Å². The summed E-state index contributed by atoms with van der Waals surface area (Å²) < 4.78 is 33.4. The Hall–Kier alpha value is -2.09. The van der Waals surface area contributed by atoms with Crippen LogP contribution >= 0.6 is 11.6 Å². The molecule has 8 heteroatoms. The Morgan fingerprint density at radius 1 is 1.12 bits per heavy atom. The molecule has 0 saturated carbocycles. The molecule has 1 N–H and O–H groups in total. The summed E-state index contributed by atoms with van der Waals surface area (Å²) in [5, 5.41) is 3.20. The van der Waals surface area contributed by atoms with E-state index < -0.39 is 15.9 Å². The van der Waals surface area contributed by atoms with Crippen molar-refractivity contribution in [3.05, 3.63) is 57.6 Å². The number of sulfonamides is 1. The van der Waals surface area contributed by atoms with E-state index in [1.807, 2.05) is 19.9 Å². The van der Waals surface area contributed by atoms with Crippen LogP contribution in [-0.4, -0.2) is 38.8 Å². The molecule has 1 aliphatic rings. The third kappa shape index (κ3) is 5.58. The van der Waals surface area contributed by atoms with Crippen LogP contribution in [0.5, 0.6) is 5.75 Å². The van der Waals surface area contributed by atoms with E-state index >= 15 is 0 Å². The average molecular weight is 507 g/mol. The van der Waals surface area contributed by atoms with Gasteiger partial charge in [-0.05, 0) is 85.5 Å². The smallest absolute Gasteiger partial charge is 0.253 e. The highest BCUT2D eigenvalue weighted by molar-refractivity contribution is 7.89. The van der Waals surface area contributed by atoms with Crippen LogP contribution in [0, 0.1) is 12.8 Å². The topological polar surface area (TPSA) is 75.7 Å². The summed E-state index contributed by atoms with van der Waals surface area (Å²) in [6.07, 6.45) is 1.66. The molecule has 1 fully saturated rings. The van der Waals surface area contributed by atoms with Gasteiger partial charge < -0.3 is 10.1 Å². The van der Waals surface area contributed by atoms with Crippen LogP contribution in [0.3, 0.4) is 0 Å². The van der Waals surface area contributed by atoms with E-state index in [-0.39, 0.29) is 27.4 Å². The van der Waals surface area contributed by atoms with Crippen molar-refractivity contribution in [2.75, 3.05) is 20.2 Å². The van der Waals surface area contributed by atoms with Crippen LogP contribution in [0.25, 0.3) is 0 Å². The Bertz CT molecular complexity index is 1160. The number of piperidine rings is 1. The summed E-state index contributed by atoms with van der Waals surface area (Å²) in [7, 11) is -2.04. The molecule has 1 heterocycles. The first-order valence-corrected chi connectivity index (χ1v) is 13.6. The number of aryl methyl sites for hydroxylation is 1. The highest BCUT2D eigenvalue weighted by Gasteiger charge is 2.29. The fourth-order valence-corrected chi connectivity index (χ4v) is 6.08. The molecule has 0 aliphatic carbocycles. The Morgan fingerprint density at radius 3 is 2.35 bits per heavy atom. The van der Waals surface area contributed by atoms with Gasteiger partial charge in [-0.25, -0.2) is 8.42 Å². The second-order valence-corrected chi connectivity index (χ2v) is 11.9. The van der Waals surface area contributed by atoms with Gasteiger partial charge in [0, 0.05) is 13.1 Å². The van der Waals surface area contributed by atoms with Crippen LogP contribution in [-0.2, 0) is 10.0 Å². The molecule has 2 aromatic rings. The molecule has 1 saturated heterocycles. The third-order valence-corrected chi connectivity index (χ3v) is 8.84. The molecule has 34 heavy (non-hydrogen) atoms. The van der Waals surface area contributed by atoms with Gasteiger partial charge in [0.05, 0.1) is 28.6 Å². The van der Waals surface area contributed by atoms with Gasteiger partial charge in [0.1, 0.15) is 5.75 Å². The molecule has 186 valence electrons. The van der Waals surface area contributed by atoms with Crippen molar-refractivity contribution in [1.29, 1.82) is 0 Å². The highest BCUT2D eigenvalue weighted by Crippen LogP contribution is 2.32.